The molecule has 0 saturated heterocycles. The molecule has 3 N–H and O–H groups in total. The lowest BCUT2D eigenvalue weighted by Gasteiger charge is -2.04. The molecular formula is C5H11BO3S. The fourth-order valence-corrected chi connectivity index (χ4v) is 1.05. The molecule has 0 radical (unpaired) electrons. The lowest BCUT2D eigenvalue weighted by Crippen LogP contribution is -2.15. The van der Waals surface area contributed by atoms with Gasteiger partial charge in [0.25, 0.3) is 0 Å². The first-order chi connectivity index (χ1) is 4.63. The van der Waals surface area contributed by atoms with E-state index in [-0.39, 0.29) is 6.61 Å². The Balaban J connectivity index is 4.27. The highest BCUT2D eigenvalue weighted by molar-refractivity contribution is 8.02. The number of hydrogen-bond acceptors (Lipinski definition) is 4. The molecule has 0 fully saturated rings. The van der Waals surface area contributed by atoms with Crippen molar-refractivity contribution in [2.75, 3.05) is 12.9 Å². The van der Waals surface area contributed by atoms with Gasteiger partial charge in [-0.2, -0.15) is 0 Å². The Bertz CT molecular complexity index is 129. The number of aliphatic hydroxyl groups is 1. The van der Waals surface area contributed by atoms with Crippen molar-refractivity contribution in [1.82, 2.24) is 0 Å². The largest absolute Gasteiger partial charge is 0.484 e. The summed E-state index contributed by atoms with van der Waals surface area (Å²) in [5.41, 5.74) is 0.412. The van der Waals surface area contributed by atoms with Crippen molar-refractivity contribution < 1.29 is 15.2 Å². The maximum absolute atomic E-state index is 8.64. The lowest BCUT2D eigenvalue weighted by atomic mass is 9.80. The van der Waals surface area contributed by atoms with Gasteiger partial charge in [-0.15, -0.1) is 11.8 Å². The van der Waals surface area contributed by atoms with Crippen LogP contribution in [0.4, 0.5) is 0 Å². The van der Waals surface area contributed by atoms with Crippen molar-refractivity contribution in [3.63, 3.8) is 0 Å². The lowest BCUT2D eigenvalue weighted by molar-refractivity contribution is 0.337. The molecule has 0 aromatic carbocycles. The minimum atomic E-state index is -1.45. The van der Waals surface area contributed by atoms with E-state index in [2.05, 4.69) is 0 Å². The second-order valence-electron chi connectivity index (χ2n) is 1.84. The van der Waals surface area contributed by atoms with E-state index >= 15 is 0 Å². The zero-order valence-corrected chi connectivity index (χ0v) is 6.85. The van der Waals surface area contributed by atoms with E-state index in [1.807, 2.05) is 0 Å². The molecule has 0 atom stereocenters. The Morgan fingerprint density at radius 2 is 2.00 bits per heavy atom. The van der Waals surface area contributed by atoms with Gasteiger partial charge in [0, 0.05) is 4.91 Å². The van der Waals surface area contributed by atoms with Crippen LogP contribution in [0.1, 0.15) is 6.92 Å². The fraction of sp³-hybridized carbons (Fsp3) is 0.600. The molecule has 0 saturated carbocycles. The predicted molar refractivity (Wildman–Crippen MR) is 43.5 cm³/mol. The third-order valence-electron chi connectivity index (χ3n) is 1.22. The topological polar surface area (TPSA) is 60.7 Å². The van der Waals surface area contributed by atoms with Crippen molar-refractivity contribution in [1.29, 1.82) is 0 Å². The third kappa shape index (κ3) is 2.75. The summed E-state index contributed by atoms with van der Waals surface area (Å²) < 4.78 is 0. The van der Waals surface area contributed by atoms with E-state index in [0.29, 0.717) is 10.4 Å². The highest BCUT2D eigenvalue weighted by Crippen LogP contribution is 2.15. The first-order valence-electron chi connectivity index (χ1n) is 2.84. The van der Waals surface area contributed by atoms with Crippen LogP contribution in [0, 0.1) is 0 Å². The summed E-state index contributed by atoms with van der Waals surface area (Å²) in [7, 11) is -1.45. The van der Waals surface area contributed by atoms with Gasteiger partial charge in [0.1, 0.15) is 0 Å². The molecule has 0 spiro atoms. The molecule has 58 valence electrons. The fourth-order valence-electron chi connectivity index (χ4n) is 0.494. The molecule has 5 heteroatoms. The van der Waals surface area contributed by atoms with Crippen LogP contribution >= 0.6 is 11.8 Å². The van der Waals surface area contributed by atoms with Gasteiger partial charge in [-0.3, -0.25) is 0 Å². The van der Waals surface area contributed by atoms with Crippen LogP contribution in [0.15, 0.2) is 10.4 Å². The quantitative estimate of drug-likeness (QED) is 0.495. The molecule has 0 rings (SSSR count). The smallest absolute Gasteiger partial charge is 0.423 e. The second kappa shape index (κ2) is 4.79. The average Bonchev–Trinajstić information content (AvgIpc) is 1.90. The maximum atomic E-state index is 8.64. The molecule has 0 aromatic heterocycles. The molecule has 0 aromatic rings. The Morgan fingerprint density at radius 3 is 2.10 bits per heavy atom. The number of rotatable bonds is 3. The van der Waals surface area contributed by atoms with Crippen LogP contribution in [0.5, 0.6) is 0 Å². The highest BCUT2D eigenvalue weighted by Gasteiger charge is 2.13. The summed E-state index contributed by atoms with van der Waals surface area (Å²) in [6, 6.07) is 0. The van der Waals surface area contributed by atoms with Gasteiger partial charge in [-0.05, 0) is 18.7 Å². The van der Waals surface area contributed by atoms with Crippen molar-refractivity contribution in [3.8, 4) is 0 Å². The van der Waals surface area contributed by atoms with E-state index in [9.17, 15) is 0 Å². The van der Waals surface area contributed by atoms with Gasteiger partial charge in [0.05, 0.1) is 6.61 Å². The molecule has 3 nitrogen and oxygen atoms in total. The second-order valence-corrected chi connectivity index (χ2v) is 2.74. The molecule has 0 unspecified atom stereocenters. The van der Waals surface area contributed by atoms with Crippen LogP contribution in [-0.4, -0.2) is 35.1 Å². The van der Waals surface area contributed by atoms with Crippen molar-refractivity contribution in [3.05, 3.63) is 10.4 Å². The summed E-state index contributed by atoms with van der Waals surface area (Å²) >= 11 is 1.32. The van der Waals surface area contributed by atoms with Gasteiger partial charge >= 0.3 is 7.12 Å². The third-order valence-corrected chi connectivity index (χ3v) is 2.16. The number of hydrogen-bond donors (Lipinski definition) is 3. The van der Waals surface area contributed by atoms with E-state index in [1.54, 1.807) is 13.2 Å². The SMILES string of the molecule is CS/C(CO)=C(\C)B(O)O. The van der Waals surface area contributed by atoms with Gasteiger partial charge in [0.15, 0.2) is 0 Å². The van der Waals surface area contributed by atoms with E-state index < -0.39 is 7.12 Å². The van der Waals surface area contributed by atoms with E-state index in [0.717, 1.165) is 0 Å². The Morgan fingerprint density at radius 1 is 1.50 bits per heavy atom. The zero-order valence-electron chi connectivity index (χ0n) is 6.03. The van der Waals surface area contributed by atoms with E-state index in [4.69, 9.17) is 15.2 Å². The first-order valence-corrected chi connectivity index (χ1v) is 4.06. The Labute approximate surface area is 64.9 Å². The first kappa shape index (κ1) is 10.0. The monoisotopic (exact) mass is 162 g/mol. The maximum Gasteiger partial charge on any atom is 0.484 e. The van der Waals surface area contributed by atoms with Crippen molar-refractivity contribution >= 4 is 18.9 Å². The minimum absolute atomic E-state index is 0.134. The van der Waals surface area contributed by atoms with Crippen LogP contribution in [0.2, 0.25) is 0 Å². The molecular weight excluding hydrogens is 151 g/mol. The summed E-state index contributed by atoms with van der Waals surface area (Å²) in [5, 5.41) is 25.9. The molecule has 0 heterocycles. The summed E-state index contributed by atoms with van der Waals surface area (Å²) in [6.45, 7) is 1.44. The molecule has 0 amide bonds. The summed E-state index contributed by atoms with van der Waals surface area (Å²) in [4.78, 5) is 0.606. The Hall–Kier alpha value is 0.0349. The number of allylic oxidation sites excluding steroid dienone is 1. The van der Waals surface area contributed by atoms with Crippen LogP contribution < -0.4 is 0 Å². The van der Waals surface area contributed by atoms with Crippen molar-refractivity contribution in [2.24, 2.45) is 0 Å². The number of thioether (sulfide) groups is 1. The van der Waals surface area contributed by atoms with Gasteiger partial charge in [-0.1, -0.05) is 0 Å². The zero-order chi connectivity index (χ0) is 8.15. The Kier molecular flexibility index (Phi) is 4.81. The number of aliphatic hydroxyl groups excluding tert-OH is 1. The standard InChI is InChI=1S/C5H11BO3S/c1-4(6(8)9)5(3-7)10-2/h7-9H,3H2,1-2H3/b5-4+. The molecule has 0 aliphatic rings. The highest BCUT2D eigenvalue weighted by atomic mass is 32.2. The van der Waals surface area contributed by atoms with Crippen LogP contribution in [0.3, 0.4) is 0 Å². The minimum Gasteiger partial charge on any atom is -0.423 e. The summed E-state index contributed by atoms with van der Waals surface area (Å²) in [5.74, 6) is 0. The predicted octanol–water partition coefficient (Wildman–Crippen LogP) is -0.372. The van der Waals surface area contributed by atoms with Gasteiger partial charge in [-0.25, -0.2) is 0 Å². The molecule has 0 aliphatic carbocycles. The van der Waals surface area contributed by atoms with Crippen LogP contribution in [0.25, 0.3) is 0 Å². The summed E-state index contributed by atoms with van der Waals surface area (Å²) in [6.07, 6.45) is 1.78. The van der Waals surface area contributed by atoms with Gasteiger partial charge in [0.2, 0.25) is 0 Å². The van der Waals surface area contributed by atoms with Crippen LogP contribution in [-0.2, 0) is 0 Å². The van der Waals surface area contributed by atoms with Crippen molar-refractivity contribution in [2.45, 2.75) is 6.92 Å². The molecule has 10 heavy (non-hydrogen) atoms. The van der Waals surface area contributed by atoms with E-state index in [1.165, 1.54) is 11.8 Å². The average molecular weight is 162 g/mol. The molecule has 0 aliphatic heterocycles. The normalized spacial score (nSPS) is 12.9. The van der Waals surface area contributed by atoms with Gasteiger partial charge < -0.3 is 15.2 Å². The molecule has 0 bridgehead atoms.